The summed E-state index contributed by atoms with van der Waals surface area (Å²) in [4.78, 5) is 38.5. The lowest BCUT2D eigenvalue weighted by Gasteiger charge is -2.36. The first-order chi connectivity index (χ1) is 16.1. The van der Waals surface area contributed by atoms with Gasteiger partial charge in [-0.25, -0.2) is 9.78 Å². The molecule has 1 N–H and O–H groups in total. The predicted molar refractivity (Wildman–Crippen MR) is 124 cm³/mol. The van der Waals surface area contributed by atoms with Crippen LogP contribution >= 0.6 is 0 Å². The Hall–Kier alpha value is -3.24. The van der Waals surface area contributed by atoms with Gasteiger partial charge < -0.3 is 14.5 Å². The number of carbonyl (C=O) groups excluding carboxylic acids is 1. The van der Waals surface area contributed by atoms with Crippen LogP contribution in [0.2, 0.25) is 0 Å². The number of aryl methyl sites for hydroxylation is 1. The number of rotatable bonds is 3. The maximum absolute atomic E-state index is 13.4. The second-order valence-electron chi connectivity index (χ2n) is 9.53. The lowest BCUT2D eigenvalue weighted by atomic mass is 9.95. The van der Waals surface area contributed by atoms with Crippen LogP contribution in [0.15, 0.2) is 22.5 Å². The number of piperazine rings is 1. The summed E-state index contributed by atoms with van der Waals surface area (Å²) in [6.45, 7) is 9.23. The van der Waals surface area contributed by atoms with E-state index >= 15 is 0 Å². The lowest BCUT2D eigenvalue weighted by Crippen LogP contribution is -2.51. The molecule has 2 aromatic rings. The number of hydrogen-bond donors (Lipinski definition) is 1. The molecule has 34 heavy (non-hydrogen) atoms. The molecule has 0 saturated carbocycles. The van der Waals surface area contributed by atoms with E-state index in [1.807, 2.05) is 32.6 Å². The normalized spacial score (nSPS) is 17.2. The van der Waals surface area contributed by atoms with Gasteiger partial charge in [0.05, 0.1) is 5.69 Å². The Labute approximate surface area is 196 Å². The van der Waals surface area contributed by atoms with Crippen molar-refractivity contribution in [3.05, 3.63) is 39.6 Å². The largest absolute Gasteiger partial charge is 0.444 e. The number of H-pyrrole nitrogens is 1. The lowest BCUT2D eigenvalue weighted by molar-refractivity contribution is 0.0240. The molecule has 1 aliphatic carbocycles. The van der Waals surface area contributed by atoms with E-state index in [-0.39, 0.29) is 35.8 Å². The van der Waals surface area contributed by atoms with Crippen molar-refractivity contribution in [2.24, 2.45) is 0 Å². The zero-order chi connectivity index (χ0) is 24.6. The predicted octanol–water partition coefficient (Wildman–Crippen LogP) is 3.76. The topological polar surface area (TPSA) is 95.8 Å². The molecule has 2 aliphatic rings. The van der Waals surface area contributed by atoms with Gasteiger partial charge in [0.15, 0.2) is 5.82 Å². The van der Waals surface area contributed by atoms with Gasteiger partial charge in [0.25, 0.3) is 17.4 Å². The zero-order valence-corrected chi connectivity index (χ0v) is 20.0. The minimum absolute atomic E-state index is 0.135. The van der Waals surface area contributed by atoms with Crippen molar-refractivity contribution >= 4 is 23.1 Å². The summed E-state index contributed by atoms with van der Waals surface area (Å²) in [7, 11) is 0. The summed E-state index contributed by atoms with van der Waals surface area (Å²) in [6, 6.07) is 0. The first kappa shape index (κ1) is 23.9. The summed E-state index contributed by atoms with van der Waals surface area (Å²) in [5, 5.41) is 3.01. The van der Waals surface area contributed by atoms with Gasteiger partial charge >= 0.3 is 6.09 Å². The number of halogens is 2. The van der Waals surface area contributed by atoms with E-state index in [0.29, 0.717) is 56.2 Å². The fourth-order valence-electron chi connectivity index (χ4n) is 4.22. The first-order valence-electron chi connectivity index (χ1n) is 11.5. The number of ether oxygens (including phenoxy) is 1. The number of hydrogen-bond acceptors (Lipinski definition) is 6. The molecule has 3 heterocycles. The van der Waals surface area contributed by atoms with Crippen LogP contribution in [0.3, 0.4) is 0 Å². The van der Waals surface area contributed by atoms with Crippen LogP contribution in [0.1, 0.15) is 58.5 Å². The fraction of sp³-hybridized carbons (Fsp3) is 0.565. The molecule has 2 aromatic heterocycles. The summed E-state index contributed by atoms with van der Waals surface area (Å²) >= 11 is 0. The van der Waals surface area contributed by atoms with Gasteiger partial charge in [0.1, 0.15) is 11.3 Å². The molecule has 184 valence electrons. The Morgan fingerprint density at radius 2 is 1.85 bits per heavy atom. The van der Waals surface area contributed by atoms with Crippen molar-refractivity contribution in [2.75, 3.05) is 31.1 Å². The fourth-order valence-corrected chi connectivity index (χ4v) is 4.22. The number of anilines is 1. The molecule has 0 spiro atoms. The minimum atomic E-state index is -1.62. The van der Waals surface area contributed by atoms with Crippen molar-refractivity contribution in [2.45, 2.75) is 59.0 Å². The third-order valence-electron chi connectivity index (χ3n) is 5.99. The van der Waals surface area contributed by atoms with Crippen LogP contribution in [-0.2, 0) is 11.2 Å². The number of fused-ring (bicyclic) bond motifs is 1. The van der Waals surface area contributed by atoms with Gasteiger partial charge in [0.2, 0.25) is 0 Å². The highest BCUT2D eigenvalue weighted by atomic mass is 19.3. The van der Waals surface area contributed by atoms with Crippen LogP contribution in [0, 0.1) is 0 Å². The van der Waals surface area contributed by atoms with Crippen molar-refractivity contribution in [1.29, 1.82) is 0 Å². The van der Waals surface area contributed by atoms with Crippen molar-refractivity contribution in [1.82, 2.24) is 24.5 Å². The smallest absolute Gasteiger partial charge is 0.410 e. The molecule has 4 rings (SSSR count). The molecule has 0 aromatic carbocycles. The van der Waals surface area contributed by atoms with Crippen molar-refractivity contribution < 1.29 is 18.3 Å². The number of nitrogens with zero attached hydrogens (tertiary/aromatic N) is 5. The number of nitrogens with one attached hydrogen (secondary N) is 1. The van der Waals surface area contributed by atoms with Crippen molar-refractivity contribution in [3.8, 4) is 0 Å². The van der Waals surface area contributed by atoms with Crippen LogP contribution in [0.4, 0.5) is 19.3 Å². The average molecular weight is 477 g/mol. The maximum atomic E-state index is 13.4. The Kier molecular flexibility index (Phi) is 6.46. The number of allylic oxidation sites excluding steroid dienone is 3. The van der Waals surface area contributed by atoms with Gasteiger partial charge in [-0.2, -0.15) is 18.3 Å². The van der Waals surface area contributed by atoms with Gasteiger partial charge in [0, 0.05) is 26.2 Å². The monoisotopic (exact) mass is 476 g/mol. The summed E-state index contributed by atoms with van der Waals surface area (Å²) in [5.41, 5.74) is 1.22. The maximum Gasteiger partial charge on any atom is 0.410 e. The first-order valence-corrected chi connectivity index (χ1v) is 11.5. The van der Waals surface area contributed by atoms with Crippen LogP contribution in [-0.4, -0.2) is 62.4 Å². The zero-order valence-electron chi connectivity index (χ0n) is 20.0. The van der Waals surface area contributed by atoms with E-state index in [4.69, 9.17) is 4.74 Å². The van der Waals surface area contributed by atoms with Gasteiger partial charge in [-0.1, -0.05) is 13.0 Å². The number of aromatic nitrogens is 4. The Morgan fingerprint density at radius 3 is 2.41 bits per heavy atom. The molecule has 0 bridgehead atoms. The third-order valence-corrected chi connectivity index (χ3v) is 5.99. The third kappa shape index (κ3) is 4.83. The van der Waals surface area contributed by atoms with E-state index in [2.05, 4.69) is 15.1 Å². The number of aromatic amines is 1. The van der Waals surface area contributed by atoms with Crippen molar-refractivity contribution in [3.63, 3.8) is 0 Å². The van der Waals surface area contributed by atoms with Crippen LogP contribution in [0.5, 0.6) is 0 Å². The Bertz CT molecular complexity index is 1210. The highest BCUT2D eigenvalue weighted by molar-refractivity contribution is 5.69. The highest BCUT2D eigenvalue weighted by Gasteiger charge is 2.29. The summed E-state index contributed by atoms with van der Waals surface area (Å²) in [5.74, 6) is 0.726. The van der Waals surface area contributed by atoms with Crippen LogP contribution in [0.25, 0.3) is 11.4 Å². The molecule has 1 fully saturated rings. The Balaban J connectivity index is 1.58. The minimum Gasteiger partial charge on any atom is -0.444 e. The molecule has 1 amide bonds. The number of carbonyl (C=O) groups is 1. The highest BCUT2D eigenvalue weighted by Crippen LogP contribution is 2.31. The molecule has 0 atom stereocenters. The second kappa shape index (κ2) is 9.19. The second-order valence-corrected chi connectivity index (χ2v) is 9.53. The molecular weight excluding hydrogens is 446 g/mol. The van der Waals surface area contributed by atoms with E-state index in [9.17, 15) is 18.4 Å². The number of amides is 1. The van der Waals surface area contributed by atoms with Gasteiger partial charge in [-0.3, -0.25) is 9.89 Å². The van der Waals surface area contributed by atoms with E-state index in [1.165, 1.54) is 4.52 Å². The molecule has 1 saturated heterocycles. The molecule has 0 unspecified atom stereocenters. The molecule has 1 aliphatic heterocycles. The molecule has 0 radical (unpaired) electrons. The standard InChI is InChI=1S/C23H30F2N6O3/c1-5-16-17(29-10-12-30(13-11-29)22(33)34-23(2,3)4)20(32)31-21(26-16)27-19(28-31)15-8-6-14(7-9-15)18(24)25/h8H,5-7,9-13H2,1-4H3,(H,26,27,28). The summed E-state index contributed by atoms with van der Waals surface area (Å²) < 4.78 is 32.5. The van der Waals surface area contributed by atoms with Gasteiger partial charge in [-0.05, 0) is 57.6 Å². The Morgan fingerprint density at radius 1 is 1.15 bits per heavy atom. The molecule has 9 nitrogen and oxygen atoms in total. The van der Waals surface area contributed by atoms with E-state index in [0.717, 1.165) is 5.57 Å². The van der Waals surface area contributed by atoms with Gasteiger partial charge in [-0.15, -0.1) is 0 Å². The van der Waals surface area contributed by atoms with E-state index in [1.54, 1.807) is 11.0 Å². The van der Waals surface area contributed by atoms with E-state index < -0.39 is 11.7 Å². The summed E-state index contributed by atoms with van der Waals surface area (Å²) in [6.07, 6.45) is 1.13. The average Bonchev–Trinajstić information content (AvgIpc) is 3.22. The quantitative estimate of drug-likeness (QED) is 0.725. The van der Waals surface area contributed by atoms with Crippen LogP contribution < -0.4 is 10.5 Å². The molecule has 11 heteroatoms. The molecular formula is C23H30F2N6O3. The SMILES string of the molecule is CCc1nc2nc(C3=CCC(=C(F)F)CC3)[nH]n2c(=O)c1N1CCN(C(=O)OC(C)(C)C)CC1.